The van der Waals surface area contributed by atoms with Gasteiger partial charge in [0.05, 0.1) is 0 Å². The van der Waals surface area contributed by atoms with Gasteiger partial charge in [-0.15, -0.1) is 0 Å². The molecule has 2 rings (SSSR count). The van der Waals surface area contributed by atoms with Crippen LogP contribution >= 0.6 is 0 Å². The van der Waals surface area contributed by atoms with Gasteiger partial charge in [0.25, 0.3) is 5.91 Å². The fourth-order valence-electron chi connectivity index (χ4n) is 2.17. The first kappa shape index (κ1) is 10.4. The topological polar surface area (TPSA) is 58.6 Å². The van der Waals surface area contributed by atoms with Crippen molar-refractivity contribution in [3.8, 4) is 0 Å². The van der Waals surface area contributed by atoms with E-state index in [-0.39, 0.29) is 18.0 Å². The Morgan fingerprint density at radius 2 is 1.93 bits per heavy atom. The molecule has 0 unspecified atom stereocenters. The highest BCUT2D eigenvalue weighted by molar-refractivity contribution is 6.07. The van der Waals surface area contributed by atoms with E-state index in [0.717, 1.165) is 0 Å². The molecule has 0 radical (unpaired) electrons. The third kappa shape index (κ3) is 1.51. The summed E-state index contributed by atoms with van der Waals surface area (Å²) in [5.41, 5.74) is -0.681. The summed E-state index contributed by atoms with van der Waals surface area (Å²) in [4.78, 5) is 25.1. The molecule has 2 saturated heterocycles. The SMILES string of the molecule is CC(C)N1C(=O)NC2(CCOCC2)C1=O. The maximum atomic E-state index is 12.1. The average Bonchev–Trinajstić information content (AvgIpc) is 2.40. The summed E-state index contributed by atoms with van der Waals surface area (Å²) >= 11 is 0. The Labute approximate surface area is 88.8 Å². The lowest BCUT2D eigenvalue weighted by Crippen LogP contribution is -2.51. The van der Waals surface area contributed by atoms with Gasteiger partial charge in [0, 0.05) is 32.1 Å². The Hall–Kier alpha value is -1.10. The molecule has 5 heteroatoms. The molecule has 84 valence electrons. The zero-order valence-corrected chi connectivity index (χ0v) is 9.08. The maximum absolute atomic E-state index is 12.1. The van der Waals surface area contributed by atoms with Crippen LogP contribution < -0.4 is 5.32 Å². The zero-order valence-electron chi connectivity index (χ0n) is 9.08. The van der Waals surface area contributed by atoms with Gasteiger partial charge in [-0.05, 0) is 13.8 Å². The summed E-state index contributed by atoms with van der Waals surface area (Å²) in [5.74, 6) is -0.0919. The molecule has 1 N–H and O–H groups in total. The smallest absolute Gasteiger partial charge is 0.325 e. The predicted molar refractivity (Wildman–Crippen MR) is 53.3 cm³/mol. The molecule has 0 atom stereocenters. The van der Waals surface area contributed by atoms with Crippen LogP contribution in [-0.4, -0.2) is 41.6 Å². The Bertz CT molecular complexity index is 295. The Morgan fingerprint density at radius 1 is 1.33 bits per heavy atom. The molecule has 0 aromatic rings. The van der Waals surface area contributed by atoms with E-state index < -0.39 is 5.54 Å². The Balaban J connectivity index is 2.23. The van der Waals surface area contributed by atoms with Crippen molar-refractivity contribution in [1.82, 2.24) is 10.2 Å². The molecule has 0 aromatic heterocycles. The molecule has 15 heavy (non-hydrogen) atoms. The first-order chi connectivity index (χ1) is 7.07. The second-order valence-corrected chi connectivity index (χ2v) is 4.39. The summed E-state index contributed by atoms with van der Waals surface area (Å²) in [6, 6.07) is -0.350. The highest BCUT2D eigenvalue weighted by atomic mass is 16.5. The number of nitrogens with zero attached hydrogens (tertiary/aromatic N) is 1. The van der Waals surface area contributed by atoms with Crippen LogP contribution in [0.15, 0.2) is 0 Å². The molecule has 2 aliphatic heterocycles. The standard InChI is InChI=1S/C10H16N2O3/c1-7(2)12-8(13)10(11-9(12)14)3-5-15-6-4-10/h7H,3-6H2,1-2H3,(H,11,14). The second-order valence-electron chi connectivity index (χ2n) is 4.39. The van der Waals surface area contributed by atoms with Crippen molar-refractivity contribution in [3.05, 3.63) is 0 Å². The average molecular weight is 212 g/mol. The van der Waals surface area contributed by atoms with Gasteiger partial charge in [0.1, 0.15) is 5.54 Å². The number of carbonyl (C=O) groups excluding carboxylic acids is 2. The highest BCUT2D eigenvalue weighted by Crippen LogP contribution is 2.29. The van der Waals surface area contributed by atoms with Gasteiger partial charge in [-0.1, -0.05) is 0 Å². The number of nitrogens with one attached hydrogen (secondary N) is 1. The van der Waals surface area contributed by atoms with Crippen LogP contribution in [0.2, 0.25) is 0 Å². The molecule has 0 aliphatic carbocycles. The molecule has 2 fully saturated rings. The van der Waals surface area contributed by atoms with Gasteiger partial charge < -0.3 is 10.1 Å². The van der Waals surface area contributed by atoms with Crippen LogP contribution in [0.3, 0.4) is 0 Å². The van der Waals surface area contributed by atoms with Gasteiger partial charge in [-0.3, -0.25) is 9.69 Å². The normalized spacial score (nSPS) is 25.1. The molecule has 0 saturated carbocycles. The summed E-state index contributed by atoms with van der Waals surface area (Å²) in [6.07, 6.45) is 1.17. The van der Waals surface area contributed by atoms with E-state index in [4.69, 9.17) is 4.74 Å². The van der Waals surface area contributed by atoms with Gasteiger partial charge in [0.15, 0.2) is 0 Å². The van der Waals surface area contributed by atoms with E-state index in [1.165, 1.54) is 4.90 Å². The second kappa shape index (κ2) is 3.48. The number of carbonyl (C=O) groups is 2. The molecule has 5 nitrogen and oxygen atoms in total. The van der Waals surface area contributed by atoms with Gasteiger partial charge in [-0.25, -0.2) is 4.79 Å². The van der Waals surface area contributed by atoms with Crippen molar-refractivity contribution in [2.75, 3.05) is 13.2 Å². The minimum atomic E-state index is -0.681. The van der Waals surface area contributed by atoms with Crippen LogP contribution in [0, 0.1) is 0 Å². The van der Waals surface area contributed by atoms with E-state index in [0.29, 0.717) is 26.1 Å². The number of hydrogen-bond donors (Lipinski definition) is 1. The van der Waals surface area contributed by atoms with Crippen LogP contribution in [0.1, 0.15) is 26.7 Å². The number of urea groups is 1. The molecule has 1 spiro atoms. The molecule has 2 aliphatic rings. The number of imide groups is 1. The molecule has 2 heterocycles. The fraction of sp³-hybridized carbons (Fsp3) is 0.800. The summed E-state index contributed by atoms with van der Waals surface area (Å²) in [7, 11) is 0. The van der Waals surface area contributed by atoms with Gasteiger partial charge in [-0.2, -0.15) is 0 Å². The molecule has 0 aromatic carbocycles. The fourth-order valence-corrected chi connectivity index (χ4v) is 2.17. The summed E-state index contributed by atoms with van der Waals surface area (Å²) < 4.78 is 5.21. The van der Waals surface area contributed by atoms with Gasteiger partial charge in [0.2, 0.25) is 0 Å². The van der Waals surface area contributed by atoms with Crippen molar-refractivity contribution in [2.45, 2.75) is 38.3 Å². The quantitative estimate of drug-likeness (QED) is 0.644. The first-order valence-electron chi connectivity index (χ1n) is 5.30. The van der Waals surface area contributed by atoms with Crippen molar-refractivity contribution in [3.63, 3.8) is 0 Å². The monoisotopic (exact) mass is 212 g/mol. The first-order valence-corrected chi connectivity index (χ1v) is 5.30. The number of rotatable bonds is 1. The lowest BCUT2D eigenvalue weighted by Gasteiger charge is -2.30. The third-order valence-electron chi connectivity index (χ3n) is 3.06. The van der Waals surface area contributed by atoms with E-state index in [2.05, 4.69) is 5.32 Å². The molecule has 3 amide bonds. The van der Waals surface area contributed by atoms with E-state index in [9.17, 15) is 9.59 Å². The van der Waals surface area contributed by atoms with Crippen LogP contribution in [0.4, 0.5) is 4.79 Å². The predicted octanol–water partition coefficient (Wildman–Crippen LogP) is 0.496. The molecule has 0 bridgehead atoms. The minimum absolute atomic E-state index is 0.0836. The molecular weight excluding hydrogens is 196 g/mol. The van der Waals surface area contributed by atoms with Crippen molar-refractivity contribution in [1.29, 1.82) is 0 Å². The van der Waals surface area contributed by atoms with E-state index in [1.54, 1.807) is 0 Å². The number of ether oxygens (including phenoxy) is 1. The largest absolute Gasteiger partial charge is 0.381 e. The Kier molecular flexibility index (Phi) is 2.42. The maximum Gasteiger partial charge on any atom is 0.325 e. The van der Waals surface area contributed by atoms with Crippen LogP contribution in [0.5, 0.6) is 0 Å². The van der Waals surface area contributed by atoms with E-state index in [1.807, 2.05) is 13.8 Å². The lowest BCUT2D eigenvalue weighted by molar-refractivity contribution is -0.135. The number of amides is 3. The van der Waals surface area contributed by atoms with Crippen LogP contribution in [-0.2, 0) is 9.53 Å². The van der Waals surface area contributed by atoms with E-state index >= 15 is 0 Å². The van der Waals surface area contributed by atoms with Crippen molar-refractivity contribution >= 4 is 11.9 Å². The summed E-state index contributed by atoms with van der Waals surface area (Å²) in [5, 5.41) is 2.81. The summed E-state index contributed by atoms with van der Waals surface area (Å²) in [6.45, 7) is 4.77. The molecular formula is C10H16N2O3. The van der Waals surface area contributed by atoms with Crippen molar-refractivity contribution in [2.24, 2.45) is 0 Å². The number of hydrogen-bond acceptors (Lipinski definition) is 3. The lowest BCUT2D eigenvalue weighted by atomic mass is 9.90. The van der Waals surface area contributed by atoms with Crippen molar-refractivity contribution < 1.29 is 14.3 Å². The Morgan fingerprint density at radius 3 is 2.40 bits per heavy atom. The van der Waals surface area contributed by atoms with Crippen LogP contribution in [0.25, 0.3) is 0 Å². The minimum Gasteiger partial charge on any atom is -0.381 e. The highest BCUT2D eigenvalue weighted by Gasteiger charge is 2.52. The van der Waals surface area contributed by atoms with Gasteiger partial charge >= 0.3 is 6.03 Å². The zero-order chi connectivity index (χ0) is 11.1. The third-order valence-corrected chi connectivity index (χ3v) is 3.06.